The highest BCUT2D eigenvalue weighted by atomic mass is 35.5. The lowest BCUT2D eigenvalue weighted by atomic mass is 10.1. The van der Waals surface area contributed by atoms with Crippen LogP contribution in [0.3, 0.4) is 0 Å². The van der Waals surface area contributed by atoms with Crippen LogP contribution in [0.5, 0.6) is 0 Å². The number of carbonyl (C=O) groups is 3. The molecule has 1 heterocycles. The summed E-state index contributed by atoms with van der Waals surface area (Å²) in [5.74, 6) is -0.758. The first-order valence-electron chi connectivity index (χ1n) is 9.16. The molecular weight excluding hydrogens is 398 g/mol. The van der Waals surface area contributed by atoms with Crippen molar-refractivity contribution in [2.45, 2.75) is 26.7 Å². The Labute approximate surface area is 173 Å². The zero-order chi connectivity index (χ0) is 20.5. The molecule has 3 amide bonds. The number of carbonyl (C=O) groups excluding carboxylic acids is 3. The van der Waals surface area contributed by atoms with Gasteiger partial charge in [-0.15, -0.1) is 11.3 Å². The van der Waals surface area contributed by atoms with E-state index < -0.39 is 0 Å². The number of benzene rings is 1. The van der Waals surface area contributed by atoms with Crippen molar-refractivity contribution in [1.29, 1.82) is 0 Å². The van der Waals surface area contributed by atoms with Crippen LogP contribution < -0.4 is 10.6 Å². The van der Waals surface area contributed by atoms with Crippen molar-refractivity contribution in [3.63, 3.8) is 0 Å². The zero-order valence-corrected chi connectivity index (χ0v) is 17.5. The molecule has 2 rings (SSSR count). The van der Waals surface area contributed by atoms with E-state index in [1.165, 1.54) is 16.2 Å². The number of thiophene rings is 1. The predicted octanol–water partition coefficient (Wildman–Crippen LogP) is 4.03. The molecule has 0 fully saturated rings. The zero-order valence-electron chi connectivity index (χ0n) is 16.0. The molecule has 0 radical (unpaired) electrons. The highest BCUT2D eigenvalue weighted by molar-refractivity contribution is 7.12. The molecule has 1 aromatic carbocycles. The summed E-state index contributed by atoms with van der Waals surface area (Å²) in [7, 11) is 0. The summed E-state index contributed by atoms with van der Waals surface area (Å²) < 4.78 is 0. The SMILES string of the molecule is CCCNC(=O)CN(CCC)C(=O)c1ccc(Cl)c(NC(=O)c2cccs2)c1. The molecule has 6 nitrogen and oxygen atoms in total. The predicted molar refractivity (Wildman–Crippen MR) is 113 cm³/mol. The number of nitrogens with one attached hydrogen (secondary N) is 2. The number of hydrogen-bond acceptors (Lipinski definition) is 4. The molecule has 0 aliphatic rings. The Hall–Kier alpha value is -2.38. The van der Waals surface area contributed by atoms with Gasteiger partial charge in [-0.05, 0) is 42.5 Å². The topological polar surface area (TPSA) is 78.5 Å². The molecule has 0 unspecified atom stereocenters. The number of anilines is 1. The molecular formula is C20H24ClN3O3S. The molecule has 2 aromatic rings. The van der Waals surface area contributed by atoms with Gasteiger partial charge in [-0.3, -0.25) is 14.4 Å². The minimum atomic E-state index is -0.286. The smallest absolute Gasteiger partial charge is 0.265 e. The summed E-state index contributed by atoms with van der Waals surface area (Å²) in [6.07, 6.45) is 1.56. The summed E-state index contributed by atoms with van der Waals surface area (Å²) >= 11 is 7.50. The second-order valence-corrected chi connectivity index (χ2v) is 7.56. The van der Waals surface area contributed by atoms with Gasteiger partial charge in [0.1, 0.15) is 0 Å². The van der Waals surface area contributed by atoms with Gasteiger partial charge in [0.05, 0.1) is 22.1 Å². The van der Waals surface area contributed by atoms with Crippen LogP contribution in [0.1, 0.15) is 46.7 Å². The number of hydrogen-bond donors (Lipinski definition) is 2. The lowest BCUT2D eigenvalue weighted by molar-refractivity contribution is -0.121. The lowest BCUT2D eigenvalue weighted by Crippen LogP contribution is -2.41. The molecule has 0 aliphatic carbocycles. The summed E-state index contributed by atoms with van der Waals surface area (Å²) in [6.45, 7) is 4.94. The first-order valence-corrected chi connectivity index (χ1v) is 10.4. The molecule has 8 heteroatoms. The normalized spacial score (nSPS) is 10.4. The summed E-state index contributed by atoms with van der Waals surface area (Å²) in [5, 5.41) is 7.66. The average molecular weight is 422 g/mol. The van der Waals surface area contributed by atoms with Gasteiger partial charge in [0.25, 0.3) is 11.8 Å². The minimum absolute atomic E-state index is 0.00775. The number of halogens is 1. The molecule has 0 saturated heterocycles. The van der Waals surface area contributed by atoms with Crippen LogP contribution in [0, 0.1) is 0 Å². The maximum atomic E-state index is 12.9. The molecule has 0 saturated carbocycles. The van der Waals surface area contributed by atoms with Crippen LogP contribution >= 0.6 is 22.9 Å². The molecule has 150 valence electrons. The van der Waals surface area contributed by atoms with Crippen LogP contribution in [0.25, 0.3) is 0 Å². The number of nitrogens with zero attached hydrogens (tertiary/aromatic N) is 1. The van der Waals surface area contributed by atoms with E-state index in [2.05, 4.69) is 10.6 Å². The van der Waals surface area contributed by atoms with E-state index in [0.717, 1.165) is 12.8 Å². The van der Waals surface area contributed by atoms with E-state index >= 15 is 0 Å². The third-order valence-electron chi connectivity index (χ3n) is 3.89. The standard InChI is InChI=1S/C20H24ClN3O3S/c1-3-9-22-18(25)13-24(10-4-2)20(27)14-7-8-15(21)16(12-14)23-19(26)17-6-5-11-28-17/h5-8,11-12H,3-4,9-10,13H2,1-2H3,(H,22,25)(H,23,26). The maximum Gasteiger partial charge on any atom is 0.265 e. The second-order valence-electron chi connectivity index (χ2n) is 6.20. The van der Waals surface area contributed by atoms with E-state index in [4.69, 9.17) is 11.6 Å². The van der Waals surface area contributed by atoms with Gasteiger partial charge in [-0.1, -0.05) is 31.5 Å². The lowest BCUT2D eigenvalue weighted by Gasteiger charge is -2.22. The summed E-state index contributed by atoms with van der Waals surface area (Å²) in [5.41, 5.74) is 0.723. The minimum Gasteiger partial charge on any atom is -0.355 e. The maximum absolute atomic E-state index is 12.9. The van der Waals surface area contributed by atoms with Crippen molar-refractivity contribution in [2.75, 3.05) is 25.0 Å². The first kappa shape index (κ1) is 21.9. The largest absolute Gasteiger partial charge is 0.355 e. The van der Waals surface area contributed by atoms with Gasteiger partial charge >= 0.3 is 0 Å². The third kappa shape index (κ3) is 6.07. The van der Waals surface area contributed by atoms with Crippen molar-refractivity contribution in [2.24, 2.45) is 0 Å². The van der Waals surface area contributed by atoms with Gasteiger partial charge < -0.3 is 15.5 Å². The molecule has 1 aromatic heterocycles. The Morgan fingerprint density at radius 1 is 1.14 bits per heavy atom. The van der Waals surface area contributed by atoms with E-state index in [9.17, 15) is 14.4 Å². The quantitative estimate of drug-likeness (QED) is 0.641. The highest BCUT2D eigenvalue weighted by Crippen LogP contribution is 2.25. The van der Waals surface area contributed by atoms with E-state index in [-0.39, 0.29) is 24.3 Å². The van der Waals surface area contributed by atoms with Crippen molar-refractivity contribution in [3.8, 4) is 0 Å². The van der Waals surface area contributed by atoms with Gasteiger partial charge in [0, 0.05) is 18.7 Å². The third-order valence-corrected chi connectivity index (χ3v) is 5.09. The Balaban J connectivity index is 2.16. The highest BCUT2D eigenvalue weighted by Gasteiger charge is 2.20. The molecule has 0 atom stereocenters. The Bertz CT molecular complexity index is 824. The molecule has 2 N–H and O–H groups in total. The number of rotatable bonds is 9. The van der Waals surface area contributed by atoms with Crippen molar-refractivity contribution in [3.05, 3.63) is 51.2 Å². The van der Waals surface area contributed by atoms with Crippen LogP contribution in [-0.2, 0) is 4.79 Å². The van der Waals surface area contributed by atoms with Gasteiger partial charge in [-0.25, -0.2) is 0 Å². The Morgan fingerprint density at radius 2 is 1.93 bits per heavy atom. The average Bonchev–Trinajstić information content (AvgIpc) is 3.22. The monoisotopic (exact) mass is 421 g/mol. The first-order chi connectivity index (χ1) is 13.5. The van der Waals surface area contributed by atoms with E-state index in [0.29, 0.717) is 34.2 Å². The molecule has 0 spiro atoms. The Kier molecular flexibility index (Phi) is 8.47. The van der Waals surface area contributed by atoms with Crippen molar-refractivity contribution >= 4 is 46.3 Å². The van der Waals surface area contributed by atoms with Crippen molar-refractivity contribution in [1.82, 2.24) is 10.2 Å². The molecule has 28 heavy (non-hydrogen) atoms. The van der Waals surface area contributed by atoms with Crippen LogP contribution in [0.2, 0.25) is 5.02 Å². The Morgan fingerprint density at radius 3 is 2.57 bits per heavy atom. The van der Waals surface area contributed by atoms with Crippen LogP contribution in [0.4, 0.5) is 5.69 Å². The molecule has 0 bridgehead atoms. The van der Waals surface area contributed by atoms with Gasteiger partial charge in [0.2, 0.25) is 5.91 Å². The van der Waals surface area contributed by atoms with Crippen LogP contribution in [0.15, 0.2) is 35.7 Å². The van der Waals surface area contributed by atoms with Crippen molar-refractivity contribution < 1.29 is 14.4 Å². The second kappa shape index (κ2) is 10.8. The van der Waals surface area contributed by atoms with Gasteiger partial charge in [0.15, 0.2) is 0 Å². The molecule has 0 aliphatic heterocycles. The van der Waals surface area contributed by atoms with E-state index in [1.54, 1.807) is 30.3 Å². The fraction of sp³-hybridized carbons (Fsp3) is 0.350. The number of amides is 3. The van der Waals surface area contributed by atoms with Gasteiger partial charge in [-0.2, -0.15) is 0 Å². The summed E-state index contributed by atoms with van der Waals surface area (Å²) in [6, 6.07) is 8.20. The van der Waals surface area contributed by atoms with Crippen LogP contribution in [-0.4, -0.2) is 42.3 Å². The summed E-state index contributed by atoms with van der Waals surface area (Å²) in [4.78, 5) is 39.3. The fourth-order valence-corrected chi connectivity index (χ4v) is 3.33. The van der Waals surface area contributed by atoms with E-state index in [1.807, 2.05) is 19.2 Å². The fourth-order valence-electron chi connectivity index (χ4n) is 2.54.